The molecule has 3 rings (SSSR count). The predicted octanol–water partition coefficient (Wildman–Crippen LogP) is 4.21. The maximum absolute atomic E-state index is 12.2. The van der Waals surface area contributed by atoms with Gasteiger partial charge in [-0.3, -0.25) is 9.78 Å². The van der Waals surface area contributed by atoms with E-state index in [1.54, 1.807) is 48.5 Å². The lowest BCUT2D eigenvalue weighted by molar-refractivity contribution is 0.0596. The van der Waals surface area contributed by atoms with Gasteiger partial charge in [0.15, 0.2) is 11.5 Å². The van der Waals surface area contributed by atoms with Crippen molar-refractivity contribution in [1.82, 2.24) is 4.98 Å². The predicted molar refractivity (Wildman–Crippen MR) is 108 cm³/mol. The normalized spacial score (nSPS) is 10.5. The lowest BCUT2D eigenvalue weighted by atomic mass is 10.2. The van der Waals surface area contributed by atoms with Crippen molar-refractivity contribution in [2.24, 2.45) is 10.2 Å². The molecule has 0 spiro atoms. The second-order valence-corrected chi connectivity index (χ2v) is 5.85. The zero-order valence-electron chi connectivity index (χ0n) is 16.2. The summed E-state index contributed by atoms with van der Waals surface area (Å²) < 4.78 is 10.3. The summed E-state index contributed by atoms with van der Waals surface area (Å²) in [4.78, 5) is 33.0. The molecule has 30 heavy (non-hydrogen) atoms. The van der Waals surface area contributed by atoms with Gasteiger partial charge in [-0.15, -0.1) is 10.2 Å². The Morgan fingerprint density at radius 1 is 0.867 bits per heavy atom. The average molecular weight is 406 g/mol. The number of hydrogen-bond acceptors (Lipinski definition) is 8. The summed E-state index contributed by atoms with van der Waals surface area (Å²) in [5, 5.41) is 7.56. The van der Waals surface area contributed by atoms with E-state index in [9.17, 15) is 9.59 Å². The Morgan fingerprint density at radius 2 is 1.57 bits per heavy atom. The van der Waals surface area contributed by atoms with Gasteiger partial charge >= 0.3 is 5.97 Å². The number of aromatic nitrogens is 1. The molecule has 0 saturated heterocycles. The molecule has 1 aromatic heterocycles. The number of azo groups is 1. The highest BCUT2D eigenvalue weighted by Crippen LogP contribution is 2.28. The van der Waals surface area contributed by atoms with Crippen LogP contribution in [0.4, 0.5) is 11.4 Å². The number of pyridine rings is 1. The number of benzene rings is 2. The maximum atomic E-state index is 12.2. The van der Waals surface area contributed by atoms with E-state index in [1.807, 2.05) is 0 Å². The van der Waals surface area contributed by atoms with E-state index in [4.69, 9.17) is 14.3 Å². The van der Waals surface area contributed by atoms with E-state index in [2.05, 4.69) is 20.7 Å². The van der Waals surface area contributed by atoms with Crippen LogP contribution in [0.1, 0.15) is 20.7 Å². The lowest BCUT2D eigenvalue weighted by Crippen LogP contribution is -2.11. The first-order chi connectivity index (χ1) is 14.6. The number of carbonyl (C=O) groups excluding carboxylic acids is 2. The number of hydrogen-bond donors (Lipinski definition) is 1. The van der Waals surface area contributed by atoms with Gasteiger partial charge in [0, 0.05) is 18.0 Å². The molecule has 1 heterocycles. The summed E-state index contributed by atoms with van der Waals surface area (Å²) in [6.07, 6.45) is 3.01. The van der Waals surface area contributed by atoms with Crippen molar-refractivity contribution in [3.63, 3.8) is 0 Å². The van der Waals surface area contributed by atoms with Gasteiger partial charge in [-0.2, -0.15) is 0 Å². The molecule has 0 saturated carbocycles. The van der Waals surface area contributed by atoms with Crippen molar-refractivity contribution in [3.8, 4) is 11.5 Å². The summed E-state index contributed by atoms with van der Waals surface area (Å²) in [6, 6.07) is 14.3. The van der Waals surface area contributed by atoms with Gasteiger partial charge in [0.25, 0.3) is 5.91 Å². The Balaban J connectivity index is 1.57. The number of rotatable bonds is 7. The van der Waals surface area contributed by atoms with Crippen molar-refractivity contribution in [1.29, 1.82) is 0 Å². The van der Waals surface area contributed by atoms with Crippen LogP contribution in [0.25, 0.3) is 0 Å². The molecule has 3 aromatic rings. The van der Waals surface area contributed by atoms with Gasteiger partial charge in [0.05, 0.1) is 31.2 Å². The minimum absolute atomic E-state index is 0.292. The summed E-state index contributed by atoms with van der Waals surface area (Å²) in [6.45, 7) is 0. The molecular weight excluding hydrogens is 388 g/mol. The zero-order valence-corrected chi connectivity index (χ0v) is 16.2. The molecule has 9 nitrogen and oxygen atoms in total. The molecule has 152 valence electrons. The van der Waals surface area contributed by atoms with Crippen LogP contribution >= 0.6 is 0 Å². The van der Waals surface area contributed by atoms with E-state index in [0.29, 0.717) is 34.0 Å². The lowest BCUT2D eigenvalue weighted by Gasteiger charge is -2.10. The number of carbonyl (C=O) groups is 2. The molecule has 2 aromatic carbocycles. The third-order valence-corrected chi connectivity index (χ3v) is 3.93. The number of methoxy groups -OCH3 is 2. The van der Waals surface area contributed by atoms with Crippen molar-refractivity contribution in [3.05, 3.63) is 78.1 Å². The van der Waals surface area contributed by atoms with Gasteiger partial charge < -0.3 is 14.3 Å². The fourth-order valence-corrected chi connectivity index (χ4v) is 2.38. The Morgan fingerprint density at radius 3 is 2.23 bits per heavy atom. The minimum Gasteiger partial charge on any atom is -0.493 e. The molecule has 9 heteroatoms. The number of anilines is 1. The van der Waals surface area contributed by atoms with Gasteiger partial charge in [0.1, 0.15) is 0 Å². The van der Waals surface area contributed by atoms with E-state index in [-0.39, 0.29) is 0 Å². The van der Waals surface area contributed by atoms with Crippen molar-refractivity contribution in [2.45, 2.75) is 0 Å². The number of ether oxygens (including phenoxy) is 2. The molecule has 1 N–H and O–H groups in total. The quantitative estimate of drug-likeness (QED) is 0.462. The summed E-state index contributed by atoms with van der Waals surface area (Å²) in [5.74, 6) is -0.136. The summed E-state index contributed by atoms with van der Waals surface area (Å²) in [5.41, 5.74) is 4.23. The van der Waals surface area contributed by atoms with Crippen molar-refractivity contribution in [2.75, 3.05) is 19.7 Å². The molecule has 0 aliphatic rings. The van der Waals surface area contributed by atoms with Crippen molar-refractivity contribution < 1.29 is 23.9 Å². The van der Waals surface area contributed by atoms with E-state index in [0.717, 1.165) is 0 Å². The molecule has 1 amide bonds. The second kappa shape index (κ2) is 9.78. The standard InChI is InChI=1S/C21H18N4O5/c1-28-18-8-3-15(13-19(18)29-2)21(27)30-25-17-6-4-16(5-7-17)23-24-20(26)14-9-11-22-12-10-14/h3-13,25H,1-2H3. The zero-order chi connectivity index (χ0) is 21.3. The molecular formula is C21H18N4O5. The SMILES string of the molecule is COc1ccc(C(=O)ONc2ccc(N=NC(=O)c3ccncc3)cc2)cc1OC. The van der Waals surface area contributed by atoms with Gasteiger partial charge in [-0.1, -0.05) is 0 Å². The van der Waals surface area contributed by atoms with Crippen molar-refractivity contribution >= 4 is 23.3 Å². The van der Waals surface area contributed by atoms with Crippen LogP contribution in [0.3, 0.4) is 0 Å². The highest BCUT2D eigenvalue weighted by molar-refractivity contribution is 5.94. The Hall–Kier alpha value is -4.27. The maximum Gasteiger partial charge on any atom is 0.362 e. The van der Waals surface area contributed by atoms with E-state index >= 15 is 0 Å². The minimum atomic E-state index is -0.595. The smallest absolute Gasteiger partial charge is 0.362 e. The molecule has 0 radical (unpaired) electrons. The Kier molecular flexibility index (Phi) is 6.67. The van der Waals surface area contributed by atoms with Crippen LogP contribution in [0.15, 0.2) is 77.2 Å². The third-order valence-electron chi connectivity index (χ3n) is 3.93. The Labute approximate surface area is 172 Å². The highest BCUT2D eigenvalue weighted by Gasteiger charge is 2.12. The van der Waals surface area contributed by atoms with Crippen LogP contribution in [0.5, 0.6) is 11.5 Å². The monoisotopic (exact) mass is 406 g/mol. The molecule has 0 bridgehead atoms. The number of nitrogens with zero attached hydrogens (tertiary/aromatic N) is 3. The van der Waals surface area contributed by atoms with E-state index in [1.165, 1.54) is 32.7 Å². The summed E-state index contributed by atoms with van der Waals surface area (Å²) in [7, 11) is 2.99. The van der Waals surface area contributed by atoms with Gasteiger partial charge in [0.2, 0.25) is 0 Å². The highest BCUT2D eigenvalue weighted by atomic mass is 16.7. The fraction of sp³-hybridized carbons (Fsp3) is 0.0952. The fourth-order valence-electron chi connectivity index (χ4n) is 2.38. The topological polar surface area (TPSA) is 111 Å². The molecule has 0 aliphatic heterocycles. The summed E-state index contributed by atoms with van der Waals surface area (Å²) >= 11 is 0. The number of nitrogens with one attached hydrogen (secondary N) is 1. The molecule has 0 atom stereocenters. The molecule has 0 fully saturated rings. The Bertz CT molecular complexity index is 1050. The first kappa shape index (κ1) is 20.5. The first-order valence-electron chi connectivity index (χ1n) is 8.76. The molecule has 0 aliphatic carbocycles. The second-order valence-electron chi connectivity index (χ2n) is 5.85. The van der Waals surface area contributed by atoms with Crippen LogP contribution in [-0.4, -0.2) is 31.1 Å². The van der Waals surface area contributed by atoms with Crippen LogP contribution in [0.2, 0.25) is 0 Å². The van der Waals surface area contributed by atoms with Gasteiger partial charge in [-0.05, 0) is 54.6 Å². The number of amides is 1. The first-order valence-corrected chi connectivity index (χ1v) is 8.76. The van der Waals surface area contributed by atoms with Crippen LogP contribution < -0.4 is 15.0 Å². The largest absolute Gasteiger partial charge is 0.493 e. The molecule has 0 unspecified atom stereocenters. The van der Waals surface area contributed by atoms with E-state index < -0.39 is 11.9 Å². The third kappa shape index (κ3) is 5.16. The average Bonchev–Trinajstić information content (AvgIpc) is 2.81. The van der Waals surface area contributed by atoms with Crippen LogP contribution in [0, 0.1) is 0 Å². The van der Waals surface area contributed by atoms with Gasteiger partial charge in [-0.25, -0.2) is 10.3 Å². The van der Waals surface area contributed by atoms with Crippen LogP contribution in [-0.2, 0) is 4.84 Å².